The van der Waals surface area contributed by atoms with Gasteiger partial charge in [0.05, 0.1) is 10.5 Å². The summed E-state index contributed by atoms with van der Waals surface area (Å²) in [6.07, 6.45) is 1.58. The summed E-state index contributed by atoms with van der Waals surface area (Å²) in [6, 6.07) is 9.25. The Balaban J connectivity index is 2.23. The lowest BCUT2D eigenvalue weighted by atomic mass is 10.2. The maximum atomic E-state index is 12.0. The zero-order valence-corrected chi connectivity index (χ0v) is 12.2. The van der Waals surface area contributed by atoms with Gasteiger partial charge in [0.2, 0.25) is 5.78 Å². The normalized spacial score (nSPS) is 11.4. The van der Waals surface area contributed by atoms with Gasteiger partial charge in [0.1, 0.15) is 4.92 Å². The number of hydrogen-bond donors (Lipinski definition) is 0. The van der Waals surface area contributed by atoms with Gasteiger partial charge >= 0.3 is 5.88 Å². The first-order valence-corrected chi connectivity index (χ1v) is 6.56. The Hall–Kier alpha value is -1.92. The summed E-state index contributed by atoms with van der Waals surface area (Å²) in [7, 11) is 0. The molecule has 0 aliphatic rings. The van der Waals surface area contributed by atoms with E-state index in [2.05, 4.69) is 15.9 Å². The monoisotopic (exact) mass is 355 g/mol. The highest BCUT2D eigenvalue weighted by molar-refractivity contribution is 9.12. The second-order valence-corrected chi connectivity index (χ2v) is 5.06. The minimum absolute atomic E-state index is 0.103. The van der Waals surface area contributed by atoms with E-state index in [9.17, 15) is 14.9 Å². The molecule has 102 valence electrons. The van der Waals surface area contributed by atoms with E-state index in [0.29, 0.717) is 5.02 Å². The smallest absolute Gasteiger partial charge is 0.397 e. The predicted molar refractivity (Wildman–Crippen MR) is 78.0 cm³/mol. The van der Waals surface area contributed by atoms with Crippen molar-refractivity contribution in [1.29, 1.82) is 0 Å². The molecule has 0 aliphatic heterocycles. The molecule has 1 aromatic carbocycles. The largest absolute Gasteiger partial charge is 0.433 e. The van der Waals surface area contributed by atoms with E-state index in [-0.39, 0.29) is 10.2 Å². The van der Waals surface area contributed by atoms with Crippen molar-refractivity contribution in [2.45, 2.75) is 0 Å². The summed E-state index contributed by atoms with van der Waals surface area (Å²) >= 11 is 8.89. The molecule has 0 aliphatic carbocycles. The molecule has 1 heterocycles. The molecule has 7 heteroatoms. The number of ketones is 1. The number of carbonyl (C=O) groups excluding carboxylic acids is 1. The van der Waals surface area contributed by atoms with Crippen LogP contribution >= 0.6 is 27.5 Å². The summed E-state index contributed by atoms with van der Waals surface area (Å²) in [6.45, 7) is 0. The van der Waals surface area contributed by atoms with E-state index < -0.39 is 16.6 Å². The lowest BCUT2D eigenvalue weighted by Crippen LogP contribution is -1.96. The maximum absolute atomic E-state index is 12.0. The van der Waals surface area contributed by atoms with Crippen molar-refractivity contribution in [3.8, 4) is 0 Å². The van der Waals surface area contributed by atoms with Crippen LogP contribution in [-0.4, -0.2) is 10.7 Å². The highest BCUT2D eigenvalue weighted by Crippen LogP contribution is 2.23. The minimum atomic E-state index is -0.701. The van der Waals surface area contributed by atoms with Gasteiger partial charge in [0.15, 0.2) is 5.76 Å². The first kappa shape index (κ1) is 14.5. The van der Waals surface area contributed by atoms with Crippen molar-refractivity contribution >= 4 is 45.3 Å². The van der Waals surface area contributed by atoms with Crippen LogP contribution in [0, 0.1) is 10.1 Å². The van der Waals surface area contributed by atoms with E-state index in [1.165, 1.54) is 6.07 Å². The molecule has 0 unspecified atom stereocenters. The van der Waals surface area contributed by atoms with Crippen LogP contribution in [0.4, 0.5) is 5.88 Å². The van der Waals surface area contributed by atoms with Gasteiger partial charge in [-0.25, -0.2) is 0 Å². The molecule has 2 aromatic rings. The predicted octanol–water partition coefficient (Wildman–Crippen LogP) is 4.46. The number of allylic oxidation sites excluding steroid dienone is 1. The third-order valence-corrected chi connectivity index (χ3v) is 3.22. The second kappa shape index (κ2) is 6.02. The molecule has 0 amide bonds. The van der Waals surface area contributed by atoms with Gasteiger partial charge in [0, 0.05) is 5.02 Å². The van der Waals surface area contributed by atoms with E-state index in [1.807, 2.05) is 0 Å². The Morgan fingerprint density at radius 3 is 2.45 bits per heavy atom. The van der Waals surface area contributed by atoms with Crippen LogP contribution in [0.15, 0.2) is 45.3 Å². The van der Waals surface area contributed by atoms with Crippen LogP contribution in [0.3, 0.4) is 0 Å². The maximum Gasteiger partial charge on any atom is 0.433 e. The highest BCUT2D eigenvalue weighted by atomic mass is 79.9. The molecular formula is C13H7BrClNO4. The van der Waals surface area contributed by atoms with Crippen LogP contribution in [0.2, 0.25) is 5.02 Å². The lowest BCUT2D eigenvalue weighted by molar-refractivity contribution is -0.402. The van der Waals surface area contributed by atoms with Crippen LogP contribution < -0.4 is 0 Å². The SMILES string of the molecule is O=C(C(Br)=Cc1ccc(Cl)cc1)c1ccc([N+](=O)[O-])o1. The van der Waals surface area contributed by atoms with Crippen LogP contribution in [0.1, 0.15) is 16.1 Å². The van der Waals surface area contributed by atoms with Gasteiger partial charge in [-0.1, -0.05) is 23.7 Å². The second-order valence-electron chi connectivity index (χ2n) is 3.77. The van der Waals surface area contributed by atoms with Gasteiger partial charge in [-0.05, 0) is 45.8 Å². The fourth-order valence-corrected chi connectivity index (χ4v) is 2.02. The fourth-order valence-electron chi connectivity index (χ4n) is 1.44. The first-order chi connectivity index (χ1) is 9.47. The van der Waals surface area contributed by atoms with Crippen LogP contribution in [0.25, 0.3) is 6.08 Å². The third-order valence-electron chi connectivity index (χ3n) is 2.38. The zero-order valence-electron chi connectivity index (χ0n) is 9.88. The number of Topliss-reactive ketones (excluding diaryl/α,β-unsaturated/α-hetero) is 1. The quantitative estimate of drug-likeness (QED) is 0.351. The average Bonchev–Trinajstić information content (AvgIpc) is 2.90. The molecular weight excluding hydrogens is 350 g/mol. The Morgan fingerprint density at radius 2 is 1.90 bits per heavy atom. The van der Waals surface area contributed by atoms with Crippen molar-refractivity contribution in [3.63, 3.8) is 0 Å². The van der Waals surface area contributed by atoms with Gasteiger partial charge < -0.3 is 4.42 Å². The number of hydrogen-bond acceptors (Lipinski definition) is 4. The highest BCUT2D eigenvalue weighted by Gasteiger charge is 2.19. The van der Waals surface area contributed by atoms with Gasteiger partial charge in [-0.3, -0.25) is 14.9 Å². The standard InChI is InChI=1S/C13H7BrClNO4/c14-10(7-8-1-3-9(15)4-2-8)13(17)11-5-6-12(20-11)16(18)19/h1-7H. The van der Waals surface area contributed by atoms with Crippen molar-refractivity contribution in [2.24, 2.45) is 0 Å². The number of carbonyl (C=O) groups is 1. The third kappa shape index (κ3) is 3.34. The molecule has 5 nitrogen and oxygen atoms in total. The summed E-state index contributed by atoms with van der Waals surface area (Å²) in [5.41, 5.74) is 0.760. The fraction of sp³-hybridized carbons (Fsp3) is 0. The lowest BCUT2D eigenvalue weighted by Gasteiger charge is -1.97. The summed E-state index contributed by atoms with van der Waals surface area (Å²) in [4.78, 5) is 21.8. The Morgan fingerprint density at radius 1 is 1.25 bits per heavy atom. The molecule has 2 rings (SSSR count). The number of nitro groups is 1. The van der Waals surface area contributed by atoms with Gasteiger partial charge in [-0.2, -0.15) is 0 Å². The zero-order chi connectivity index (χ0) is 14.7. The molecule has 0 saturated heterocycles. The van der Waals surface area contributed by atoms with Gasteiger partial charge in [-0.15, -0.1) is 0 Å². The van der Waals surface area contributed by atoms with Gasteiger partial charge in [0.25, 0.3) is 0 Å². The first-order valence-electron chi connectivity index (χ1n) is 5.39. The van der Waals surface area contributed by atoms with Crippen molar-refractivity contribution < 1.29 is 14.1 Å². The van der Waals surface area contributed by atoms with E-state index in [0.717, 1.165) is 11.6 Å². The molecule has 0 saturated carbocycles. The summed E-state index contributed by atoms with van der Waals surface area (Å²) < 4.78 is 5.07. The molecule has 0 radical (unpaired) electrons. The van der Waals surface area contributed by atoms with E-state index in [4.69, 9.17) is 16.0 Å². The Bertz CT molecular complexity index is 691. The molecule has 20 heavy (non-hydrogen) atoms. The topological polar surface area (TPSA) is 73.3 Å². The van der Waals surface area contributed by atoms with Crippen LogP contribution in [0.5, 0.6) is 0 Å². The van der Waals surface area contributed by atoms with E-state index in [1.54, 1.807) is 30.3 Å². The molecule has 1 aromatic heterocycles. The van der Waals surface area contributed by atoms with Crippen molar-refractivity contribution in [2.75, 3.05) is 0 Å². The number of benzene rings is 1. The number of nitrogens with zero attached hydrogens (tertiary/aromatic N) is 1. The number of furan rings is 1. The molecule has 0 bridgehead atoms. The Kier molecular flexibility index (Phi) is 4.36. The molecule has 0 fully saturated rings. The van der Waals surface area contributed by atoms with Crippen molar-refractivity contribution in [1.82, 2.24) is 0 Å². The van der Waals surface area contributed by atoms with Crippen molar-refractivity contribution in [3.05, 3.63) is 67.3 Å². The number of rotatable bonds is 4. The van der Waals surface area contributed by atoms with Crippen LogP contribution in [-0.2, 0) is 0 Å². The summed E-state index contributed by atoms with van der Waals surface area (Å²) in [5, 5.41) is 11.1. The van der Waals surface area contributed by atoms with E-state index >= 15 is 0 Å². The summed E-state index contributed by atoms with van der Waals surface area (Å²) in [5.74, 6) is -1.05. The number of halogens is 2. The molecule has 0 N–H and O–H groups in total. The molecule has 0 atom stereocenters. The molecule has 0 spiro atoms. The average molecular weight is 357 g/mol. The Labute approximate surface area is 127 Å². The minimum Gasteiger partial charge on any atom is -0.397 e.